The first-order valence-electron chi connectivity index (χ1n) is 4.79. The zero-order chi connectivity index (χ0) is 13.1. The molecule has 3 nitrogen and oxygen atoms in total. The van der Waals surface area contributed by atoms with Gasteiger partial charge in [-0.2, -0.15) is 0 Å². The molecule has 0 saturated heterocycles. The Morgan fingerprint density at radius 3 is 2.56 bits per heavy atom. The number of hydrogen-bond donors (Lipinski definition) is 0. The molecule has 7 heteroatoms. The maximum atomic E-state index is 13.3. The summed E-state index contributed by atoms with van der Waals surface area (Å²) in [4.78, 5) is 7.89. The first-order valence-corrected chi connectivity index (χ1v) is 6.50. The molecule has 0 aliphatic heterocycles. The Morgan fingerprint density at radius 1 is 1.28 bits per heavy atom. The number of rotatable bonds is 3. The fraction of sp³-hybridized carbons (Fsp3) is 0.0909. The van der Waals surface area contributed by atoms with Crippen LogP contribution >= 0.6 is 39.1 Å². The first kappa shape index (κ1) is 13.5. The van der Waals surface area contributed by atoms with Crippen molar-refractivity contribution in [2.24, 2.45) is 0 Å². The van der Waals surface area contributed by atoms with Gasteiger partial charge in [0.1, 0.15) is 11.6 Å². The van der Waals surface area contributed by atoms with E-state index in [-0.39, 0.29) is 16.8 Å². The molecule has 94 valence electrons. The van der Waals surface area contributed by atoms with Crippen LogP contribution in [0.5, 0.6) is 11.8 Å². The monoisotopic (exact) mass is 350 g/mol. The number of benzene rings is 1. The molecular weight excluding hydrogens is 346 g/mol. The van der Waals surface area contributed by atoms with E-state index < -0.39 is 5.82 Å². The first-order chi connectivity index (χ1) is 8.60. The van der Waals surface area contributed by atoms with Crippen molar-refractivity contribution >= 4 is 39.1 Å². The third-order valence-electron chi connectivity index (χ3n) is 2.01. The molecule has 0 amide bonds. The molecule has 0 atom stereocenters. The summed E-state index contributed by atoms with van der Waals surface area (Å²) in [7, 11) is 0. The number of ether oxygens (including phenoxy) is 1. The van der Waals surface area contributed by atoms with Crippen LogP contribution in [0.15, 0.2) is 29.0 Å². The van der Waals surface area contributed by atoms with E-state index in [2.05, 4.69) is 25.9 Å². The zero-order valence-corrected chi connectivity index (χ0v) is 11.9. The van der Waals surface area contributed by atoms with E-state index in [1.807, 2.05) is 0 Å². The van der Waals surface area contributed by atoms with Crippen LogP contribution < -0.4 is 4.74 Å². The molecule has 0 spiro atoms. The molecule has 1 heterocycles. The van der Waals surface area contributed by atoms with Gasteiger partial charge in [-0.3, -0.25) is 0 Å². The molecule has 0 bridgehead atoms. The highest BCUT2D eigenvalue weighted by Crippen LogP contribution is 2.32. The van der Waals surface area contributed by atoms with Crippen molar-refractivity contribution < 1.29 is 9.13 Å². The number of aromatic nitrogens is 2. The van der Waals surface area contributed by atoms with Crippen molar-refractivity contribution in [2.75, 3.05) is 0 Å². The summed E-state index contributed by atoms with van der Waals surface area (Å²) >= 11 is 14.4. The predicted molar refractivity (Wildman–Crippen MR) is 70.8 cm³/mol. The van der Waals surface area contributed by atoms with Crippen LogP contribution in [-0.2, 0) is 5.88 Å². The maximum absolute atomic E-state index is 13.3. The Balaban J connectivity index is 2.25. The van der Waals surface area contributed by atoms with Crippen LogP contribution in [-0.4, -0.2) is 9.97 Å². The Hall–Kier alpha value is -0.910. The predicted octanol–water partition coefficient (Wildman–Crippen LogP) is 4.56. The molecule has 2 aromatic rings. The molecule has 0 N–H and O–H groups in total. The zero-order valence-electron chi connectivity index (χ0n) is 8.83. The largest absolute Gasteiger partial charge is 0.423 e. The fourth-order valence-electron chi connectivity index (χ4n) is 1.15. The van der Waals surface area contributed by atoms with Crippen molar-refractivity contribution in [1.82, 2.24) is 9.97 Å². The highest BCUT2D eigenvalue weighted by Gasteiger charge is 2.10. The van der Waals surface area contributed by atoms with Gasteiger partial charge in [0.25, 0.3) is 0 Å². The SMILES string of the molecule is Fc1cc(Oc2ncc(CCl)cn2)c(Br)cc1Cl. The quantitative estimate of drug-likeness (QED) is 0.600. The summed E-state index contributed by atoms with van der Waals surface area (Å²) < 4.78 is 19.1. The van der Waals surface area contributed by atoms with Gasteiger partial charge in [-0.15, -0.1) is 11.6 Å². The second-order valence-corrected chi connectivity index (χ2v) is 4.84. The summed E-state index contributed by atoms with van der Waals surface area (Å²) in [5.74, 6) is -0.0118. The van der Waals surface area contributed by atoms with Crippen molar-refractivity contribution in [3.63, 3.8) is 0 Å². The van der Waals surface area contributed by atoms with Gasteiger partial charge in [0.2, 0.25) is 0 Å². The van der Waals surface area contributed by atoms with Crippen LogP contribution in [0.2, 0.25) is 5.02 Å². The summed E-state index contributed by atoms with van der Waals surface area (Å²) in [6.45, 7) is 0. The lowest BCUT2D eigenvalue weighted by Crippen LogP contribution is -1.94. The van der Waals surface area contributed by atoms with E-state index in [1.54, 1.807) is 0 Å². The topological polar surface area (TPSA) is 35.0 Å². The molecule has 0 unspecified atom stereocenters. The summed E-state index contributed by atoms with van der Waals surface area (Å²) in [5, 5.41) is 0.00707. The van der Waals surface area contributed by atoms with E-state index in [4.69, 9.17) is 27.9 Å². The van der Waals surface area contributed by atoms with Crippen molar-refractivity contribution in [3.8, 4) is 11.8 Å². The Labute approximate surface area is 121 Å². The maximum Gasteiger partial charge on any atom is 0.321 e. The third kappa shape index (κ3) is 3.10. The highest BCUT2D eigenvalue weighted by molar-refractivity contribution is 9.10. The van der Waals surface area contributed by atoms with Gasteiger partial charge in [0, 0.05) is 24.0 Å². The van der Waals surface area contributed by atoms with Crippen LogP contribution in [0.1, 0.15) is 5.56 Å². The normalized spacial score (nSPS) is 10.4. The van der Waals surface area contributed by atoms with E-state index in [9.17, 15) is 4.39 Å². The lowest BCUT2D eigenvalue weighted by Gasteiger charge is -2.07. The molecule has 0 radical (unpaired) electrons. The fourth-order valence-corrected chi connectivity index (χ4v) is 2.00. The molecular formula is C11H6BrCl2FN2O. The van der Waals surface area contributed by atoms with Crippen molar-refractivity contribution in [2.45, 2.75) is 5.88 Å². The molecule has 2 rings (SSSR count). The molecule has 18 heavy (non-hydrogen) atoms. The Morgan fingerprint density at radius 2 is 1.94 bits per heavy atom. The van der Waals surface area contributed by atoms with E-state index in [1.165, 1.54) is 18.5 Å². The molecule has 1 aromatic carbocycles. The van der Waals surface area contributed by atoms with Gasteiger partial charge >= 0.3 is 6.01 Å². The molecule has 0 saturated carbocycles. The second-order valence-electron chi connectivity index (χ2n) is 3.31. The second kappa shape index (κ2) is 5.82. The van der Waals surface area contributed by atoms with E-state index >= 15 is 0 Å². The minimum absolute atomic E-state index is 0.00707. The van der Waals surface area contributed by atoms with Gasteiger partial charge in [-0.05, 0) is 22.0 Å². The number of halogens is 4. The van der Waals surface area contributed by atoms with E-state index in [0.717, 1.165) is 11.6 Å². The Bertz CT molecular complexity index is 566. The smallest absolute Gasteiger partial charge is 0.321 e. The average molecular weight is 352 g/mol. The van der Waals surface area contributed by atoms with Gasteiger partial charge in [0.15, 0.2) is 0 Å². The van der Waals surface area contributed by atoms with Crippen molar-refractivity contribution in [1.29, 1.82) is 0 Å². The number of nitrogens with zero attached hydrogens (tertiary/aromatic N) is 2. The van der Waals surface area contributed by atoms with Crippen molar-refractivity contribution in [3.05, 3.63) is 45.4 Å². The third-order valence-corrected chi connectivity index (χ3v) is 3.23. The van der Waals surface area contributed by atoms with Crippen LogP contribution in [0.3, 0.4) is 0 Å². The lowest BCUT2D eigenvalue weighted by atomic mass is 10.3. The molecule has 0 aliphatic rings. The van der Waals surface area contributed by atoms with E-state index in [0.29, 0.717) is 10.4 Å². The highest BCUT2D eigenvalue weighted by atomic mass is 79.9. The minimum Gasteiger partial charge on any atom is -0.423 e. The summed E-state index contributed by atoms with van der Waals surface area (Å²) in [6.07, 6.45) is 3.07. The molecule has 0 aliphatic carbocycles. The van der Waals surface area contributed by atoms with Crippen LogP contribution in [0.25, 0.3) is 0 Å². The summed E-state index contributed by atoms with van der Waals surface area (Å²) in [6, 6.07) is 2.66. The summed E-state index contributed by atoms with van der Waals surface area (Å²) in [5.41, 5.74) is 0.769. The lowest BCUT2D eigenvalue weighted by molar-refractivity contribution is 0.434. The average Bonchev–Trinajstić information content (AvgIpc) is 2.37. The van der Waals surface area contributed by atoms with Gasteiger partial charge in [0.05, 0.1) is 15.4 Å². The molecule has 1 aromatic heterocycles. The van der Waals surface area contributed by atoms with Gasteiger partial charge < -0.3 is 4.74 Å². The molecule has 0 fully saturated rings. The number of hydrogen-bond acceptors (Lipinski definition) is 3. The number of alkyl halides is 1. The van der Waals surface area contributed by atoms with Crippen LogP contribution in [0.4, 0.5) is 4.39 Å². The minimum atomic E-state index is -0.577. The van der Waals surface area contributed by atoms with Gasteiger partial charge in [-0.25, -0.2) is 14.4 Å². The standard InChI is InChI=1S/C11H6BrCl2FN2O/c12-7-1-8(14)9(15)2-10(7)18-11-16-4-6(3-13)5-17-11/h1-2,4-5H,3H2. The van der Waals surface area contributed by atoms with Crippen LogP contribution in [0, 0.1) is 5.82 Å². The Kier molecular flexibility index (Phi) is 4.37. The van der Waals surface area contributed by atoms with Gasteiger partial charge in [-0.1, -0.05) is 11.6 Å².